The van der Waals surface area contributed by atoms with Crippen molar-refractivity contribution in [2.75, 3.05) is 13.1 Å². The van der Waals surface area contributed by atoms with Crippen molar-refractivity contribution in [3.8, 4) is 0 Å². The maximum Gasteiger partial charge on any atom is 0.287 e. The molecule has 2 heterocycles. The second-order valence-electron chi connectivity index (χ2n) is 7.99. The molecule has 0 spiro atoms. The van der Waals surface area contributed by atoms with Gasteiger partial charge < -0.3 is 9.73 Å². The van der Waals surface area contributed by atoms with Gasteiger partial charge in [-0.2, -0.15) is 4.31 Å². The number of sulfonamides is 1. The number of carbonyl (C=O) groups is 1. The molecule has 1 saturated carbocycles. The molecule has 0 bridgehead atoms. The van der Waals surface area contributed by atoms with Gasteiger partial charge in [0.15, 0.2) is 5.76 Å². The molecule has 7 heteroatoms. The summed E-state index contributed by atoms with van der Waals surface area (Å²) < 4.78 is 32.2. The van der Waals surface area contributed by atoms with Crippen LogP contribution in [-0.4, -0.2) is 31.7 Å². The van der Waals surface area contributed by atoms with Crippen molar-refractivity contribution in [2.24, 2.45) is 5.92 Å². The monoisotopic (exact) mass is 416 g/mol. The van der Waals surface area contributed by atoms with Crippen molar-refractivity contribution < 1.29 is 17.6 Å². The lowest BCUT2D eigenvalue weighted by atomic mass is 9.81. The third kappa shape index (κ3) is 4.41. The van der Waals surface area contributed by atoms with Crippen molar-refractivity contribution in [3.63, 3.8) is 0 Å². The Balaban J connectivity index is 1.53. The predicted molar refractivity (Wildman–Crippen MR) is 110 cm³/mol. The lowest BCUT2D eigenvalue weighted by molar-refractivity contribution is 0.0878. The van der Waals surface area contributed by atoms with E-state index in [-0.39, 0.29) is 22.8 Å². The zero-order valence-corrected chi connectivity index (χ0v) is 17.4. The van der Waals surface area contributed by atoms with E-state index in [1.807, 2.05) is 30.3 Å². The number of carbonyl (C=O) groups excluding carboxylic acids is 1. The van der Waals surface area contributed by atoms with E-state index in [0.717, 1.165) is 31.2 Å². The standard InChI is InChI=1S/C22H28N2O4S/c25-22(19-13-14-20(28-19)29(26,27)24-15-7-8-16-24)23-21(17-9-3-1-4-10-17)18-11-5-2-6-12-18/h1,3-4,9-10,13-14,18,21H,2,5-8,11-12,15-16H2,(H,23,25). The average molecular weight is 417 g/mol. The van der Waals surface area contributed by atoms with Crippen molar-refractivity contribution in [3.05, 3.63) is 53.8 Å². The molecule has 2 fully saturated rings. The average Bonchev–Trinajstić information content (AvgIpc) is 3.46. The molecule has 1 unspecified atom stereocenters. The first-order valence-corrected chi connectivity index (χ1v) is 12.0. The van der Waals surface area contributed by atoms with Gasteiger partial charge >= 0.3 is 0 Å². The minimum Gasteiger partial charge on any atom is -0.438 e. The molecule has 0 radical (unpaired) electrons. The minimum atomic E-state index is -3.67. The molecule has 4 rings (SSSR count). The van der Waals surface area contributed by atoms with Gasteiger partial charge in [-0.25, -0.2) is 8.42 Å². The van der Waals surface area contributed by atoms with Crippen LogP contribution >= 0.6 is 0 Å². The van der Waals surface area contributed by atoms with Crippen LogP contribution in [0.15, 0.2) is 52.0 Å². The fourth-order valence-corrected chi connectivity index (χ4v) is 5.88. The Morgan fingerprint density at radius 3 is 2.34 bits per heavy atom. The topological polar surface area (TPSA) is 79.6 Å². The highest BCUT2D eigenvalue weighted by atomic mass is 32.2. The van der Waals surface area contributed by atoms with Crippen LogP contribution in [0.25, 0.3) is 0 Å². The molecule has 1 aromatic heterocycles. The Hall–Kier alpha value is -2.12. The van der Waals surface area contributed by atoms with E-state index >= 15 is 0 Å². The number of benzene rings is 1. The van der Waals surface area contributed by atoms with Gasteiger partial charge in [-0.1, -0.05) is 49.6 Å². The number of amides is 1. The van der Waals surface area contributed by atoms with Gasteiger partial charge in [-0.05, 0) is 49.3 Å². The van der Waals surface area contributed by atoms with E-state index in [1.165, 1.54) is 35.7 Å². The molecule has 6 nitrogen and oxygen atoms in total. The Bertz CT molecular complexity index is 927. The highest BCUT2D eigenvalue weighted by molar-refractivity contribution is 7.89. The highest BCUT2D eigenvalue weighted by Gasteiger charge is 2.32. The Morgan fingerprint density at radius 1 is 0.966 bits per heavy atom. The fourth-order valence-electron chi connectivity index (χ4n) is 4.45. The van der Waals surface area contributed by atoms with Crippen LogP contribution in [0.2, 0.25) is 0 Å². The van der Waals surface area contributed by atoms with E-state index in [9.17, 15) is 13.2 Å². The third-order valence-electron chi connectivity index (χ3n) is 6.03. The van der Waals surface area contributed by atoms with E-state index in [0.29, 0.717) is 19.0 Å². The Labute approximate surface area is 172 Å². The third-order valence-corrected chi connectivity index (χ3v) is 7.80. The largest absolute Gasteiger partial charge is 0.438 e. The van der Waals surface area contributed by atoms with Crippen LogP contribution in [0.1, 0.15) is 67.1 Å². The van der Waals surface area contributed by atoms with Gasteiger partial charge in [-0.3, -0.25) is 4.79 Å². The Morgan fingerprint density at radius 2 is 1.66 bits per heavy atom. The van der Waals surface area contributed by atoms with Gasteiger partial charge in [0.1, 0.15) is 0 Å². The van der Waals surface area contributed by atoms with Crippen molar-refractivity contribution in [1.29, 1.82) is 0 Å². The maximum absolute atomic E-state index is 12.9. The maximum atomic E-state index is 12.9. The second kappa shape index (κ2) is 8.71. The van der Waals surface area contributed by atoms with Crippen LogP contribution < -0.4 is 5.32 Å². The predicted octanol–water partition coefficient (Wildman–Crippen LogP) is 4.12. The summed E-state index contributed by atoms with van der Waals surface area (Å²) in [6.45, 7) is 1.00. The van der Waals surface area contributed by atoms with Crippen molar-refractivity contribution in [1.82, 2.24) is 9.62 Å². The van der Waals surface area contributed by atoms with Gasteiger partial charge in [0, 0.05) is 13.1 Å². The normalized spacial score (nSPS) is 19.9. The summed E-state index contributed by atoms with van der Waals surface area (Å²) in [5, 5.41) is 2.96. The number of furan rings is 1. The van der Waals surface area contributed by atoms with Gasteiger partial charge in [-0.15, -0.1) is 0 Å². The molecule has 29 heavy (non-hydrogen) atoms. The molecule has 2 aliphatic rings. The molecule has 1 aromatic carbocycles. The van der Waals surface area contributed by atoms with E-state index in [2.05, 4.69) is 5.32 Å². The lowest BCUT2D eigenvalue weighted by Gasteiger charge is -2.31. The van der Waals surface area contributed by atoms with Gasteiger partial charge in [0.25, 0.3) is 15.9 Å². The first-order valence-electron chi connectivity index (χ1n) is 10.5. The molecule has 1 atom stereocenters. The quantitative estimate of drug-likeness (QED) is 0.768. The van der Waals surface area contributed by atoms with Crippen molar-refractivity contribution in [2.45, 2.75) is 56.1 Å². The molecule has 1 saturated heterocycles. The summed E-state index contributed by atoms with van der Waals surface area (Å²) in [5.41, 5.74) is 1.07. The molecule has 1 N–H and O–H groups in total. The molecule has 1 aliphatic carbocycles. The van der Waals surface area contributed by atoms with E-state index in [1.54, 1.807) is 0 Å². The summed E-state index contributed by atoms with van der Waals surface area (Å²) in [4.78, 5) is 12.9. The number of hydrogen-bond acceptors (Lipinski definition) is 4. The summed E-state index contributed by atoms with van der Waals surface area (Å²) in [6, 6.07) is 12.7. The summed E-state index contributed by atoms with van der Waals surface area (Å²) in [5.74, 6) is 0.0460. The SMILES string of the molecule is O=C(NC(c1ccccc1)C1CCCCC1)c1ccc(S(=O)(=O)N2CCCC2)o1. The molecular weight excluding hydrogens is 388 g/mol. The van der Waals surface area contributed by atoms with Gasteiger partial charge in [0.2, 0.25) is 5.09 Å². The molecule has 156 valence electrons. The van der Waals surface area contributed by atoms with Crippen LogP contribution in [0.5, 0.6) is 0 Å². The van der Waals surface area contributed by atoms with Crippen molar-refractivity contribution >= 4 is 15.9 Å². The van der Waals surface area contributed by atoms with E-state index in [4.69, 9.17) is 4.42 Å². The number of nitrogens with zero attached hydrogens (tertiary/aromatic N) is 1. The first kappa shape index (κ1) is 20.2. The zero-order valence-electron chi connectivity index (χ0n) is 16.5. The second-order valence-corrected chi connectivity index (χ2v) is 9.86. The van der Waals surface area contributed by atoms with Crippen LogP contribution in [0.4, 0.5) is 0 Å². The number of hydrogen-bond donors (Lipinski definition) is 1. The van der Waals surface area contributed by atoms with Crippen LogP contribution in [0.3, 0.4) is 0 Å². The van der Waals surface area contributed by atoms with E-state index < -0.39 is 10.0 Å². The zero-order chi connectivity index (χ0) is 20.3. The smallest absolute Gasteiger partial charge is 0.287 e. The van der Waals surface area contributed by atoms with Crippen LogP contribution in [-0.2, 0) is 10.0 Å². The first-order chi connectivity index (χ1) is 14.1. The van der Waals surface area contributed by atoms with Crippen LogP contribution in [0, 0.1) is 5.92 Å². The summed E-state index contributed by atoms with van der Waals surface area (Å²) in [6.07, 6.45) is 7.44. The molecule has 2 aromatic rings. The minimum absolute atomic E-state index is 0.0412. The molecule has 1 aliphatic heterocycles. The lowest BCUT2D eigenvalue weighted by Crippen LogP contribution is -2.34. The fraction of sp³-hybridized carbons (Fsp3) is 0.500. The highest BCUT2D eigenvalue weighted by Crippen LogP contribution is 2.34. The summed E-state index contributed by atoms with van der Waals surface area (Å²) >= 11 is 0. The summed E-state index contributed by atoms with van der Waals surface area (Å²) in [7, 11) is -3.67. The number of nitrogens with one attached hydrogen (secondary N) is 1. The van der Waals surface area contributed by atoms with Gasteiger partial charge in [0.05, 0.1) is 6.04 Å². The number of rotatable bonds is 6. The Kier molecular flexibility index (Phi) is 6.06. The molecular formula is C22H28N2O4S. The molecule has 1 amide bonds.